The standard InChI is InChI=1S/C21H23ClFN5O3S2/c1-27(14-5-7-28(10-14)11-16-18(31-2)4-3-6-25-16)21-26-17(12-32-21)15-8-13(22)9-19(20(15)23)33(24,29)30/h3-4,6,8-9,12,14H,5,7,10-11H2,1-2H3,(H2,24,29,30). The first-order valence-corrected chi connectivity index (χ1v) is 12.9. The van der Waals surface area contributed by atoms with Gasteiger partial charge in [0.2, 0.25) is 10.0 Å². The van der Waals surface area contributed by atoms with Crippen molar-refractivity contribution in [2.24, 2.45) is 5.14 Å². The van der Waals surface area contributed by atoms with E-state index in [0.29, 0.717) is 17.4 Å². The molecule has 1 atom stereocenters. The number of thiazole rings is 1. The Balaban J connectivity index is 1.50. The second kappa shape index (κ2) is 9.51. The zero-order valence-corrected chi connectivity index (χ0v) is 20.4. The van der Waals surface area contributed by atoms with Crippen LogP contribution in [0.25, 0.3) is 11.3 Å². The zero-order valence-electron chi connectivity index (χ0n) is 18.0. The molecule has 12 heteroatoms. The fraction of sp³-hybridized carbons (Fsp3) is 0.333. The highest BCUT2D eigenvalue weighted by Crippen LogP contribution is 2.34. The van der Waals surface area contributed by atoms with Gasteiger partial charge in [-0.05, 0) is 30.7 Å². The maximum atomic E-state index is 14.9. The Labute approximate surface area is 200 Å². The molecule has 4 rings (SSSR count). The summed E-state index contributed by atoms with van der Waals surface area (Å²) in [6.45, 7) is 2.39. The van der Waals surface area contributed by atoms with Crippen LogP contribution in [-0.2, 0) is 16.6 Å². The van der Waals surface area contributed by atoms with Crippen molar-refractivity contribution in [2.45, 2.75) is 23.9 Å². The average molecular weight is 512 g/mol. The summed E-state index contributed by atoms with van der Waals surface area (Å²) >= 11 is 7.37. The molecule has 8 nitrogen and oxygen atoms in total. The van der Waals surface area contributed by atoms with Crippen LogP contribution in [0.5, 0.6) is 5.75 Å². The highest BCUT2D eigenvalue weighted by Gasteiger charge is 2.29. The lowest BCUT2D eigenvalue weighted by Gasteiger charge is -2.24. The van der Waals surface area contributed by atoms with E-state index in [4.69, 9.17) is 21.5 Å². The molecule has 3 heterocycles. The Morgan fingerprint density at radius 1 is 1.42 bits per heavy atom. The molecule has 0 radical (unpaired) electrons. The number of likely N-dealkylation sites (tertiary alicyclic amines) is 1. The van der Waals surface area contributed by atoms with Gasteiger partial charge in [0.1, 0.15) is 10.6 Å². The first-order chi connectivity index (χ1) is 15.7. The third kappa shape index (κ3) is 5.12. The van der Waals surface area contributed by atoms with E-state index in [1.165, 1.54) is 17.4 Å². The molecular formula is C21H23ClFN5O3S2. The molecule has 0 aliphatic carbocycles. The molecule has 176 valence electrons. The first-order valence-electron chi connectivity index (χ1n) is 10.1. The van der Waals surface area contributed by atoms with Gasteiger partial charge in [-0.15, -0.1) is 11.3 Å². The summed E-state index contributed by atoms with van der Waals surface area (Å²) in [6.07, 6.45) is 2.69. The maximum Gasteiger partial charge on any atom is 0.241 e. The van der Waals surface area contributed by atoms with Gasteiger partial charge in [-0.2, -0.15) is 0 Å². The van der Waals surface area contributed by atoms with Crippen LogP contribution in [0.2, 0.25) is 5.02 Å². The Morgan fingerprint density at radius 3 is 2.94 bits per heavy atom. The van der Waals surface area contributed by atoms with Gasteiger partial charge in [0.05, 0.1) is 18.5 Å². The van der Waals surface area contributed by atoms with Crippen molar-refractivity contribution in [3.8, 4) is 17.0 Å². The van der Waals surface area contributed by atoms with Gasteiger partial charge in [-0.25, -0.2) is 22.9 Å². The summed E-state index contributed by atoms with van der Waals surface area (Å²) in [5.74, 6) is -0.195. The van der Waals surface area contributed by atoms with Crippen molar-refractivity contribution in [3.63, 3.8) is 0 Å². The van der Waals surface area contributed by atoms with Crippen LogP contribution in [0, 0.1) is 5.82 Å². The highest BCUT2D eigenvalue weighted by atomic mass is 35.5. The zero-order chi connectivity index (χ0) is 23.8. The number of sulfonamides is 1. The number of primary sulfonamides is 1. The van der Waals surface area contributed by atoms with Crippen molar-refractivity contribution >= 4 is 38.1 Å². The van der Waals surface area contributed by atoms with E-state index in [0.717, 1.165) is 37.0 Å². The van der Waals surface area contributed by atoms with Crippen molar-refractivity contribution in [1.29, 1.82) is 0 Å². The van der Waals surface area contributed by atoms with Crippen LogP contribution in [0.4, 0.5) is 9.52 Å². The summed E-state index contributed by atoms with van der Waals surface area (Å²) in [7, 11) is -0.679. The van der Waals surface area contributed by atoms with Gasteiger partial charge >= 0.3 is 0 Å². The molecule has 3 aromatic rings. The van der Waals surface area contributed by atoms with E-state index in [2.05, 4.69) is 19.8 Å². The van der Waals surface area contributed by atoms with Crippen LogP contribution in [0.3, 0.4) is 0 Å². The van der Waals surface area contributed by atoms with Crippen LogP contribution in [-0.4, -0.2) is 56.6 Å². The number of aromatic nitrogens is 2. The van der Waals surface area contributed by atoms with Crippen LogP contribution in [0.1, 0.15) is 12.1 Å². The minimum absolute atomic E-state index is 0.00211. The largest absolute Gasteiger partial charge is 0.495 e. The number of nitrogens with zero attached hydrogens (tertiary/aromatic N) is 4. The lowest BCUT2D eigenvalue weighted by molar-refractivity contribution is 0.311. The second-order valence-corrected chi connectivity index (χ2v) is 10.6. The minimum atomic E-state index is -4.26. The molecule has 1 unspecified atom stereocenters. The van der Waals surface area contributed by atoms with E-state index in [9.17, 15) is 12.8 Å². The summed E-state index contributed by atoms with van der Waals surface area (Å²) in [4.78, 5) is 12.7. The molecule has 0 spiro atoms. The van der Waals surface area contributed by atoms with Gasteiger partial charge in [0, 0.05) is 54.9 Å². The third-order valence-electron chi connectivity index (χ3n) is 5.62. The fourth-order valence-corrected chi connectivity index (χ4v) is 5.67. The number of hydrogen-bond donors (Lipinski definition) is 1. The van der Waals surface area contributed by atoms with Gasteiger partial charge in [0.25, 0.3) is 0 Å². The normalized spacial score (nSPS) is 16.8. The summed E-state index contributed by atoms with van der Waals surface area (Å²) in [5, 5.41) is 7.57. The molecule has 1 saturated heterocycles. The molecule has 1 aliphatic rings. The van der Waals surface area contributed by atoms with E-state index >= 15 is 0 Å². The number of ether oxygens (including phenoxy) is 1. The molecule has 33 heavy (non-hydrogen) atoms. The van der Waals surface area contributed by atoms with Gasteiger partial charge in [-0.3, -0.25) is 9.88 Å². The molecule has 1 aromatic carbocycles. The SMILES string of the molecule is COc1cccnc1CN1CCC(N(C)c2nc(-c3cc(Cl)cc(S(N)(=O)=O)c3F)cs2)C1. The number of rotatable bonds is 7. The summed E-state index contributed by atoms with van der Waals surface area (Å²) in [6, 6.07) is 6.30. The lowest BCUT2D eigenvalue weighted by atomic mass is 10.1. The maximum absolute atomic E-state index is 14.9. The third-order valence-corrected chi connectivity index (χ3v) is 7.68. The molecule has 1 fully saturated rings. The second-order valence-electron chi connectivity index (χ2n) is 7.77. The molecule has 1 aliphatic heterocycles. The van der Waals surface area contributed by atoms with Gasteiger partial charge in [0.15, 0.2) is 10.9 Å². The molecule has 2 aromatic heterocycles. The Morgan fingerprint density at radius 2 is 2.21 bits per heavy atom. The summed E-state index contributed by atoms with van der Waals surface area (Å²) in [5.41, 5.74) is 1.19. The highest BCUT2D eigenvalue weighted by molar-refractivity contribution is 7.89. The lowest BCUT2D eigenvalue weighted by Crippen LogP contribution is -2.34. The Bertz CT molecular complexity index is 1270. The number of anilines is 1. The molecule has 0 amide bonds. The van der Waals surface area contributed by atoms with Crippen molar-refractivity contribution < 1.29 is 17.5 Å². The molecule has 2 N–H and O–H groups in total. The number of nitrogens with two attached hydrogens (primary N) is 1. The van der Waals surface area contributed by atoms with E-state index < -0.39 is 20.7 Å². The van der Waals surface area contributed by atoms with Crippen molar-refractivity contribution in [1.82, 2.24) is 14.9 Å². The number of methoxy groups -OCH3 is 1. The van der Waals surface area contributed by atoms with Crippen molar-refractivity contribution in [2.75, 3.05) is 32.1 Å². The van der Waals surface area contributed by atoms with Crippen LogP contribution < -0.4 is 14.8 Å². The number of benzene rings is 1. The minimum Gasteiger partial charge on any atom is -0.495 e. The average Bonchev–Trinajstić information content (AvgIpc) is 3.44. The van der Waals surface area contributed by atoms with Crippen molar-refractivity contribution in [3.05, 3.63) is 52.4 Å². The predicted octanol–water partition coefficient (Wildman–Crippen LogP) is 3.36. The number of likely N-dealkylation sites (N-methyl/N-ethyl adjacent to an activating group) is 1. The van der Waals surface area contributed by atoms with Gasteiger partial charge in [-0.1, -0.05) is 11.6 Å². The van der Waals surface area contributed by atoms with Gasteiger partial charge < -0.3 is 9.64 Å². The topological polar surface area (TPSA) is 102 Å². The van der Waals surface area contributed by atoms with E-state index in [-0.39, 0.29) is 16.6 Å². The number of halogens is 2. The van der Waals surface area contributed by atoms with Crippen LogP contribution >= 0.6 is 22.9 Å². The molecule has 0 saturated carbocycles. The number of pyridine rings is 1. The first kappa shape index (κ1) is 23.8. The Kier molecular flexibility index (Phi) is 6.87. The monoisotopic (exact) mass is 511 g/mol. The fourth-order valence-electron chi connectivity index (χ4n) is 3.88. The van der Waals surface area contributed by atoms with E-state index in [1.54, 1.807) is 18.7 Å². The molecule has 0 bridgehead atoms. The predicted molar refractivity (Wildman–Crippen MR) is 127 cm³/mol. The Hall–Kier alpha value is -2.31. The quantitative estimate of drug-likeness (QED) is 0.519. The van der Waals surface area contributed by atoms with Crippen LogP contribution in [0.15, 0.2) is 40.7 Å². The van der Waals surface area contributed by atoms with E-state index in [1.807, 2.05) is 19.2 Å². The smallest absolute Gasteiger partial charge is 0.241 e. The number of hydrogen-bond acceptors (Lipinski definition) is 8. The molecular weight excluding hydrogens is 489 g/mol. The summed E-state index contributed by atoms with van der Waals surface area (Å²) < 4.78 is 43.7.